The van der Waals surface area contributed by atoms with E-state index in [9.17, 15) is 9.59 Å². The quantitative estimate of drug-likeness (QED) is 0.637. The average molecular weight is 267 g/mol. The van der Waals surface area contributed by atoms with Crippen LogP contribution in [-0.2, 0) is 9.59 Å². The van der Waals surface area contributed by atoms with Crippen molar-refractivity contribution in [3.8, 4) is 5.75 Å². The second kappa shape index (κ2) is 5.41. The van der Waals surface area contributed by atoms with Gasteiger partial charge in [0.15, 0.2) is 0 Å². The Morgan fingerprint density at radius 2 is 2.06 bits per heavy atom. The van der Waals surface area contributed by atoms with Crippen molar-refractivity contribution < 1.29 is 19.4 Å². The topological polar surface area (TPSA) is 75.6 Å². The predicted octanol–water partition coefficient (Wildman–Crippen LogP) is 1.40. The summed E-state index contributed by atoms with van der Waals surface area (Å²) < 4.78 is 4.93. The minimum absolute atomic E-state index is 0.0301. The number of aliphatic carboxylic acids is 1. The van der Waals surface area contributed by atoms with Gasteiger partial charge in [0.05, 0.1) is 5.37 Å². The number of thioether (sulfide) groups is 1. The molecule has 0 aromatic heterocycles. The minimum atomic E-state index is -0.832. The van der Waals surface area contributed by atoms with Gasteiger partial charge in [0.25, 0.3) is 0 Å². The summed E-state index contributed by atoms with van der Waals surface area (Å²) in [5.74, 6) is -0.154. The lowest BCUT2D eigenvalue weighted by molar-refractivity contribution is -0.138. The molecular weight excluding hydrogens is 254 g/mol. The number of benzene rings is 1. The summed E-state index contributed by atoms with van der Waals surface area (Å²) in [6.45, 7) is 1.35. The zero-order valence-electron chi connectivity index (χ0n) is 9.75. The number of carbonyl (C=O) groups is 2. The molecule has 0 aliphatic carbocycles. The van der Waals surface area contributed by atoms with Crippen molar-refractivity contribution in [3.05, 3.63) is 29.8 Å². The van der Waals surface area contributed by atoms with Gasteiger partial charge in [0.1, 0.15) is 11.8 Å². The number of nitrogens with one attached hydrogen (secondary N) is 1. The van der Waals surface area contributed by atoms with Crippen LogP contribution in [0.1, 0.15) is 17.9 Å². The summed E-state index contributed by atoms with van der Waals surface area (Å²) in [7, 11) is 0. The number of carbonyl (C=O) groups excluding carboxylic acids is 1. The van der Waals surface area contributed by atoms with Crippen molar-refractivity contribution in [1.82, 2.24) is 5.32 Å². The third kappa shape index (κ3) is 3.02. The standard InChI is InChI=1S/C12H13NO4S/c1-7(14)17-9-4-2-8(3-5-9)11-13-10(6-18-11)12(15)16/h2-5,10-11,13H,6H2,1H3,(H,15,16)/t10-,11-/m0/s1. The molecule has 1 aromatic carbocycles. The second-order valence-electron chi connectivity index (χ2n) is 3.93. The predicted molar refractivity (Wildman–Crippen MR) is 67.5 cm³/mol. The Kier molecular flexibility index (Phi) is 3.88. The lowest BCUT2D eigenvalue weighted by Crippen LogP contribution is -2.33. The van der Waals surface area contributed by atoms with Crippen LogP contribution in [0.3, 0.4) is 0 Å². The molecule has 2 atom stereocenters. The largest absolute Gasteiger partial charge is 0.480 e. The highest BCUT2D eigenvalue weighted by Gasteiger charge is 2.30. The van der Waals surface area contributed by atoms with E-state index in [-0.39, 0.29) is 11.3 Å². The smallest absolute Gasteiger partial charge is 0.321 e. The van der Waals surface area contributed by atoms with Gasteiger partial charge < -0.3 is 9.84 Å². The molecule has 1 aliphatic heterocycles. The van der Waals surface area contributed by atoms with E-state index in [4.69, 9.17) is 9.84 Å². The van der Waals surface area contributed by atoms with Gasteiger partial charge in [-0.15, -0.1) is 11.8 Å². The van der Waals surface area contributed by atoms with Gasteiger partial charge >= 0.3 is 11.9 Å². The van der Waals surface area contributed by atoms with Gasteiger partial charge in [0.2, 0.25) is 0 Å². The molecule has 0 radical (unpaired) electrons. The summed E-state index contributed by atoms with van der Waals surface area (Å²) >= 11 is 1.55. The van der Waals surface area contributed by atoms with E-state index >= 15 is 0 Å². The van der Waals surface area contributed by atoms with E-state index in [1.54, 1.807) is 23.9 Å². The Hall–Kier alpha value is -1.53. The molecule has 96 valence electrons. The van der Waals surface area contributed by atoms with Crippen LogP contribution in [0.2, 0.25) is 0 Å². The number of carboxylic acids is 1. The van der Waals surface area contributed by atoms with Crippen molar-refractivity contribution in [1.29, 1.82) is 0 Å². The molecule has 2 rings (SSSR count). The van der Waals surface area contributed by atoms with Crippen LogP contribution in [0.5, 0.6) is 5.75 Å². The third-order valence-electron chi connectivity index (χ3n) is 2.52. The molecule has 1 heterocycles. The summed E-state index contributed by atoms with van der Waals surface area (Å²) in [5, 5.41) is 11.9. The minimum Gasteiger partial charge on any atom is -0.480 e. The highest BCUT2D eigenvalue weighted by atomic mass is 32.2. The van der Waals surface area contributed by atoms with Crippen molar-refractivity contribution in [2.24, 2.45) is 0 Å². The molecule has 0 amide bonds. The number of carboxylic acid groups (broad SMARTS) is 1. The van der Waals surface area contributed by atoms with Crippen LogP contribution >= 0.6 is 11.8 Å². The monoisotopic (exact) mass is 267 g/mol. The molecule has 0 unspecified atom stereocenters. The molecule has 1 aliphatic rings. The van der Waals surface area contributed by atoms with E-state index in [1.165, 1.54) is 6.92 Å². The van der Waals surface area contributed by atoms with Gasteiger partial charge in [-0.3, -0.25) is 14.9 Å². The normalized spacial score (nSPS) is 22.7. The van der Waals surface area contributed by atoms with E-state index < -0.39 is 12.0 Å². The maximum atomic E-state index is 10.8. The van der Waals surface area contributed by atoms with Crippen LogP contribution < -0.4 is 10.1 Å². The first-order chi connectivity index (χ1) is 8.56. The number of hydrogen-bond acceptors (Lipinski definition) is 5. The summed E-state index contributed by atoms with van der Waals surface area (Å²) in [6.07, 6.45) is 0. The molecule has 6 heteroatoms. The highest BCUT2D eigenvalue weighted by Crippen LogP contribution is 2.33. The lowest BCUT2D eigenvalue weighted by atomic mass is 10.2. The molecular formula is C12H13NO4S. The van der Waals surface area contributed by atoms with Crippen LogP contribution in [0.25, 0.3) is 0 Å². The first-order valence-electron chi connectivity index (χ1n) is 5.45. The molecule has 0 bridgehead atoms. The first-order valence-corrected chi connectivity index (χ1v) is 6.50. The van der Waals surface area contributed by atoms with Gasteiger partial charge in [-0.05, 0) is 17.7 Å². The van der Waals surface area contributed by atoms with Crippen molar-refractivity contribution in [3.63, 3.8) is 0 Å². The Labute approximate surface area is 109 Å². The highest BCUT2D eigenvalue weighted by molar-refractivity contribution is 7.99. The molecule has 1 fully saturated rings. The third-order valence-corrected chi connectivity index (χ3v) is 3.79. The van der Waals surface area contributed by atoms with Gasteiger partial charge in [-0.1, -0.05) is 12.1 Å². The number of hydrogen-bond donors (Lipinski definition) is 2. The molecule has 0 spiro atoms. The summed E-state index contributed by atoms with van der Waals surface area (Å²) in [6, 6.07) is 6.55. The Balaban J connectivity index is 2.02. The average Bonchev–Trinajstić information content (AvgIpc) is 2.78. The Bertz CT molecular complexity index is 460. The van der Waals surface area contributed by atoms with Crippen LogP contribution in [0.15, 0.2) is 24.3 Å². The number of esters is 1. The first kappa shape index (κ1) is 12.9. The zero-order chi connectivity index (χ0) is 13.1. The van der Waals surface area contributed by atoms with Crippen molar-refractivity contribution in [2.45, 2.75) is 18.3 Å². The second-order valence-corrected chi connectivity index (χ2v) is 5.07. The number of rotatable bonds is 3. The Morgan fingerprint density at radius 1 is 1.39 bits per heavy atom. The molecule has 5 nitrogen and oxygen atoms in total. The lowest BCUT2D eigenvalue weighted by Gasteiger charge is -2.11. The molecule has 0 saturated carbocycles. The fourth-order valence-corrected chi connectivity index (χ4v) is 2.92. The maximum absolute atomic E-state index is 10.8. The van der Waals surface area contributed by atoms with Crippen molar-refractivity contribution in [2.75, 3.05) is 5.75 Å². The van der Waals surface area contributed by atoms with Crippen LogP contribution in [0.4, 0.5) is 0 Å². The Morgan fingerprint density at radius 3 is 2.56 bits per heavy atom. The van der Waals surface area contributed by atoms with E-state index in [2.05, 4.69) is 5.32 Å². The zero-order valence-corrected chi connectivity index (χ0v) is 10.6. The van der Waals surface area contributed by atoms with Crippen LogP contribution in [0, 0.1) is 0 Å². The molecule has 18 heavy (non-hydrogen) atoms. The van der Waals surface area contributed by atoms with Crippen LogP contribution in [-0.4, -0.2) is 28.8 Å². The number of ether oxygens (including phenoxy) is 1. The van der Waals surface area contributed by atoms with E-state index in [1.807, 2.05) is 12.1 Å². The summed E-state index contributed by atoms with van der Waals surface area (Å²) in [5.41, 5.74) is 0.972. The molecule has 1 saturated heterocycles. The maximum Gasteiger partial charge on any atom is 0.321 e. The fraction of sp³-hybridized carbons (Fsp3) is 0.333. The fourth-order valence-electron chi connectivity index (χ4n) is 1.68. The SMILES string of the molecule is CC(=O)Oc1ccc([C@H]2N[C@H](C(=O)O)CS2)cc1. The molecule has 2 N–H and O–H groups in total. The van der Waals surface area contributed by atoms with E-state index in [0.29, 0.717) is 11.5 Å². The van der Waals surface area contributed by atoms with Gasteiger partial charge in [-0.2, -0.15) is 0 Å². The van der Waals surface area contributed by atoms with E-state index in [0.717, 1.165) is 5.56 Å². The van der Waals surface area contributed by atoms with Gasteiger partial charge in [0, 0.05) is 12.7 Å². The molecule has 1 aromatic rings. The summed E-state index contributed by atoms with van der Waals surface area (Å²) in [4.78, 5) is 21.6. The van der Waals surface area contributed by atoms with Gasteiger partial charge in [-0.25, -0.2) is 0 Å². The van der Waals surface area contributed by atoms with Crippen molar-refractivity contribution >= 4 is 23.7 Å².